The van der Waals surface area contributed by atoms with Gasteiger partial charge in [-0.25, -0.2) is 0 Å². The predicted molar refractivity (Wildman–Crippen MR) is 61.9 cm³/mol. The lowest BCUT2D eigenvalue weighted by atomic mass is 10.0. The Morgan fingerprint density at radius 3 is 3.07 bits per heavy atom. The molecular weight excluding hydrogens is 192 g/mol. The molecule has 1 aromatic rings. The molecule has 1 aliphatic heterocycles. The van der Waals surface area contributed by atoms with Gasteiger partial charge in [0.1, 0.15) is 0 Å². The molecule has 0 atom stereocenters. The van der Waals surface area contributed by atoms with Crippen molar-refractivity contribution in [3.8, 4) is 0 Å². The summed E-state index contributed by atoms with van der Waals surface area (Å²) in [5, 5.41) is 0. The zero-order valence-corrected chi connectivity index (χ0v) is 9.40. The summed E-state index contributed by atoms with van der Waals surface area (Å²) >= 11 is 1.97. The molecule has 1 heterocycles. The second-order valence-electron chi connectivity index (χ2n) is 3.69. The van der Waals surface area contributed by atoms with Gasteiger partial charge in [-0.3, -0.25) is 0 Å². The van der Waals surface area contributed by atoms with Gasteiger partial charge in [0.15, 0.2) is 0 Å². The van der Waals surface area contributed by atoms with Crippen LogP contribution in [-0.4, -0.2) is 19.0 Å². The first-order valence-corrected chi connectivity index (χ1v) is 6.25. The SMILES string of the molecule is Cc1ccc2c(c1)CSCCOCC2. The summed E-state index contributed by atoms with van der Waals surface area (Å²) in [6, 6.07) is 6.76. The molecule has 0 N–H and O–H groups in total. The van der Waals surface area contributed by atoms with E-state index in [1.165, 1.54) is 16.7 Å². The number of benzene rings is 1. The highest BCUT2D eigenvalue weighted by molar-refractivity contribution is 7.98. The van der Waals surface area contributed by atoms with E-state index in [1.54, 1.807) is 0 Å². The molecule has 2 rings (SSSR count). The highest BCUT2D eigenvalue weighted by atomic mass is 32.2. The van der Waals surface area contributed by atoms with Crippen LogP contribution in [0.15, 0.2) is 18.2 Å². The van der Waals surface area contributed by atoms with Crippen LogP contribution in [0, 0.1) is 6.92 Å². The maximum atomic E-state index is 5.52. The monoisotopic (exact) mass is 208 g/mol. The third-order valence-electron chi connectivity index (χ3n) is 2.51. The lowest BCUT2D eigenvalue weighted by Crippen LogP contribution is -2.01. The Bertz CT molecular complexity index is 309. The Hall–Kier alpha value is -0.470. The number of rotatable bonds is 0. The van der Waals surface area contributed by atoms with Crippen LogP contribution in [-0.2, 0) is 16.9 Å². The number of ether oxygens (including phenoxy) is 1. The largest absolute Gasteiger partial charge is 0.380 e. The van der Waals surface area contributed by atoms with Crippen molar-refractivity contribution in [3.63, 3.8) is 0 Å². The number of hydrogen-bond acceptors (Lipinski definition) is 2. The minimum absolute atomic E-state index is 0.872. The van der Waals surface area contributed by atoms with Gasteiger partial charge in [0.05, 0.1) is 13.2 Å². The highest BCUT2D eigenvalue weighted by Crippen LogP contribution is 2.20. The van der Waals surface area contributed by atoms with Gasteiger partial charge in [-0.05, 0) is 24.5 Å². The van der Waals surface area contributed by atoms with Gasteiger partial charge in [0.2, 0.25) is 0 Å². The molecule has 0 saturated heterocycles. The molecule has 0 aromatic heterocycles. The molecule has 1 nitrogen and oxygen atoms in total. The fraction of sp³-hybridized carbons (Fsp3) is 0.500. The molecule has 0 saturated carbocycles. The average molecular weight is 208 g/mol. The number of aryl methyl sites for hydroxylation is 1. The summed E-state index contributed by atoms with van der Waals surface area (Å²) in [5.41, 5.74) is 4.33. The number of thioether (sulfide) groups is 1. The fourth-order valence-corrected chi connectivity index (χ4v) is 2.59. The van der Waals surface area contributed by atoms with Crippen LogP contribution in [0.4, 0.5) is 0 Å². The van der Waals surface area contributed by atoms with Gasteiger partial charge in [-0.15, -0.1) is 0 Å². The van der Waals surface area contributed by atoms with Gasteiger partial charge in [-0.2, -0.15) is 11.8 Å². The Morgan fingerprint density at radius 2 is 2.14 bits per heavy atom. The molecule has 0 aliphatic carbocycles. The first kappa shape index (κ1) is 10.1. The molecule has 0 fully saturated rings. The van der Waals surface area contributed by atoms with Gasteiger partial charge in [0.25, 0.3) is 0 Å². The van der Waals surface area contributed by atoms with Crippen LogP contribution < -0.4 is 0 Å². The van der Waals surface area contributed by atoms with Crippen molar-refractivity contribution >= 4 is 11.8 Å². The van der Waals surface area contributed by atoms with Crippen molar-refractivity contribution in [1.82, 2.24) is 0 Å². The van der Waals surface area contributed by atoms with Gasteiger partial charge < -0.3 is 4.74 Å². The molecular formula is C12H16OS. The van der Waals surface area contributed by atoms with E-state index in [9.17, 15) is 0 Å². The summed E-state index contributed by atoms with van der Waals surface area (Å²) in [6.07, 6.45) is 1.07. The van der Waals surface area contributed by atoms with E-state index in [1.807, 2.05) is 11.8 Å². The first-order chi connectivity index (χ1) is 6.86. The van der Waals surface area contributed by atoms with E-state index < -0.39 is 0 Å². The van der Waals surface area contributed by atoms with Crippen LogP contribution in [0.2, 0.25) is 0 Å². The average Bonchev–Trinajstić information content (AvgIpc) is 2.29. The van der Waals surface area contributed by atoms with Gasteiger partial charge in [0, 0.05) is 11.5 Å². The van der Waals surface area contributed by atoms with Gasteiger partial charge >= 0.3 is 0 Å². The van der Waals surface area contributed by atoms with Crippen LogP contribution in [0.5, 0.6) is 0 Å². The summed E-state index contributed by atoms with van der Waals surface area (Å²) in [4.78, 5) is 0. The summed E-state index contributed by atoms with van der Waals surface area (Å²) < 4.78 is 5.52. The molecule has 76 valence electrons. The lowest BCUT2D eigenvalue weighted by Gasteiger charge is -2.07. The summed E-state index contributed by atoms with van der Waals surface area (Å²) in [7, 11) is 0. The fourth-order valence-electron chi connectivity index (χ4n) is 1.72. The smallest absolute Gasteiger partial charge is 0.0556 e. The van der Waals surface area contributed by atoms with Crippen LogP contribution in [0.1, 0.15) is 16.7 Å². The van der Waals surface area contributed by atoms with E-state index in [4.69, 9.17) is 4.74 Å². The second-order valence-corrected chi connectivity index (χ2v) is 4.79. The Kier molecular flexibility index (Phi) is 3.49. The zero-order chi connectivity index (χ0) is 9.80. The maximum absolute atomic E-state index is 5.52. The van der Waals surface area contributed by atoms with E-state index in [0.29, 0.717) is 0 Å². The summed E-state index contributed by atoms with van der Waals surface area (Å²) in [5.74, 6) is 2.26. The zero-order valence-electron chi connectivity index (χ0n) is 8.58. The topological polar surface area (TPSA) is 9.23 Å². The molecule has 1 aliphatic rings. The summed E-state index contributed by atoms with van der Waals surface area (Å²) in [6.45, 7) is 3.93. The van der Waals surface area contributed by atoms with E-state index in [-0.39, 0.29) is 0 Å². The lowest BCUT2D eigenvalue weighted by molar-refractivity contribution is 0.153. The quantitative estimate of drug-likeness (QED) is 0.648. The normalized spacial score (nSPS) is 17.8. The molecule has 14 heavy (non-hydrogen) atoms. The number of fused-ring (bicyclic) bond motifs is 1. The molecule has 0 bridgehead atoms. The van der Waals surface area contributed by atoms with Gasteiger partial charge in [-0.1, -0.05) is 23.8 Å². The Morgan fingerprint density at radius 1 is 1.21 bits per heavy atom. The molecule has 1 aromatic carbocycles. The van der Waals surface area contributed by atoms with Crippen molar-refractivity contribution in [3.05, 3.63) is 34.9 Å². The molecule has 2 heteroatoms. The van der Waals surface area contributed by atoms with E-state index in [2.05, 4.69) is 25.1 Å². The predicted octanol–water partition coefficient (Wildman–Crippen LogP) is 2.80. The Labute approximate surface area is 89.9 Å². The first-order valence-electron chi connectivity index (χ1n) is 5.10. The molecule has 0 radical (unpaired) electrons. The molecule has 0 spiro atoms. The van der Waals surface area contributed by atoms with Crippen molar-refractivity contribution in [1.29, 1.82) is 0 Å². The van der Waals surface area contributed by atoms with E-state index in [0.717, 1.165) is 31.1 Å². The minimum Gasteiger partial charge on any atom is -0.380 e. The standard InChI is InChI=1S/C12H16OS/c1-10-2-3-11-4-5-13-6-7-14-9-12(11)8-10/h2-3,8H,4-7,9H2,1H3. The minimum atomic E-state index is 0.872. The highest BCUT2D eigenvalue weighted by Gasteiger charge is 2.05. The molecule has 0 amide bonds. The van der Waals surface area contributed by atoms with Crippen molar-refractivity contribution in [2.75, 3.05) is 19.0 Å². The third kappa shape index (κ3) is 2.52. The Balaban J connectivity index is 2.22. The maximum Gasteiger partial charge on any atom is 0.0556 e. The van der Waals surface area contributed by atoms with Crippen LogP contribution in [0.25, 0.3) is 0 Å². The molecule has 0 unspecified atom stereocenters. The van der Waals surface area contributed by atoms with Crippen molar-refractivity contribution < 1.29 is 4.74 Å². The van der Waals surface area contributed by atoms with Crippen molar-refractivity contribution in [2.24, 2.45) is 0 Å². The van der Waals surface area contributed by atoms with E-state index >= 15 is 0 Å². The van der Waals surface area contributed by atoms with Crippen LogP contribution >= 0.6 is 11.8 Å². The number of hydrogen-bond donors (Lipinski definition) is 0. The third-order valence-corrected chi connectivity index (χ3v) is 3.48. The van der Waals surface area contributed by atoms with Crippen LogP contribution in [0.3, 0.4) is 0 Å². The van der Waals surface area contributed by atoms with Crippen molar-refractivity contribution in [2.45, 2.75) is 19.1 Å². The second kappa shape index (κ2) is 4.85.